The fraction of sp³-hybridized carbons (Fsp3) is 0.688. The molecule has 1 aromatic rings. The summed E-state index contributed by atoms with van der Waals surface area (Å²) in [6.07, 6.45) is 6.05. The molecular weight excluding hydrogens is 280 g/mol. The van der Waals surface area contributed by atoms with Crippen molar-refractivity contribution in [3.63, 3.8) is 0 Å². The molecule has 1 aromatic heterocycles. The van der Waals surface area contributed by atoms with Crippen molar-refractivity contribution in [1.82, 2.24) is 19.4 Å². The van der Waals surface area contributed by atoms with E-state index in [9.17, 15) is 9.59 Å². The standard InChI is InChI=1S/C16H24N4O2/c1-12-17-5-7-18(12)8-14-4-3-6-19(9-14)16(22)15-10-20(11-15)13(2)21/h5,7,14-15H,3-4,6,8-11H2,1-2H3/t14-/m0/s1. The van der Waals surface area contributed by atoms with E-state index in [1.807, 2.05) is 24.2 Å². The second-order valence-electron chi connectivity index (χ2n) is 6.54. The van der Waals surface area contributed by atoms with Gasteiger partial charge in [-0.05, 0) is 25.7 Å². The van der Waals surface area contributed by atoms with E-state index >= 15 is 0 Å². The molecule has 1 atom stereocenters. The van der Waals surface area contributed by atoms with E-state index in [0.29, 0.717) is 19.0 Å². The van der Waals surface area contributed by atoms with E-state index in [0.717, 1.165) is 38.3 Å². The van der Waals surface area contributed by atoms with Gasteiger partial charge in [0.25, 0.3) is 0 Å². The van der Waals surface area contributed by atoms with E-state index in [4.69, 9.17) is 0 Å². The van der Waals surface area contributed by atoms with Gasteiger partial charge in [0.2, 0.25) is 11.8 Å². The minimum atomic E-state index is 0.0117. The molecule has 3 rings (SSSR count). The molecule has 0 spiro atoms. The quantitative estimate of drug-likeness (QED) is 0.834. The molecule has 22 heavy (non-hydrogen) atoms. The average molecular weight is 304 g/mol. The van der Waals surface area contributed by atoms with Crippen molar-refractivity contribution in [2.24, 2.45) is 11.8 Å². The van der Waals surface area contributed by atoms with Gasteiger partial charge >= 0.3 is 0 Å². The molecular formula is C16H24N4O2. The number of rotatable bonds is 3. The topological polar surface area (TPSA) is 58.4 Å². The molecule has 2 aliphatic heterocycles. The lowest BCUT2D eigenvalue weighted by atomic mass is 9.93. The van der Waals surface area contributed by atoms with Crippen LogP contribution in [0.1, 0.15) is 25.6 Å². The summed E-state index contributed by atoms with van der Waals surface area (Å²) in [5.41, 5.74) is 0. The van der Waals surface area contributed by atoms with Gasteiger partial charge in [-0.2, -0.15) is 0 Å². The highest BCUT2D eigenvalue weighted by Crippen LogP contribution is 2.24. The monoisotopic (exact) mass is 304 g/mol. The van der Waals surface area contributed by atoms with Gasteiger partial charge in [-0.1, -0.05) is 0 Å². The van der Waals surface area contributed by atoms with E-state index < -0.39 is 0 Å². The van der Waals surface area contributed by atoms with E-state index in [1.54, 1.807) is 11.8 Å². The Bertz CT molecular complexity index is 562. The van der Waals surface area contributed by atoms with Crippen molar-refractivity contribution in [2.45, 2.75) is 33.2 Å². The van der Waals surface area contributed by atoms with Crippen LogP contribution in [-0.4, -0.2) is 57.3 Å². The second kappa shape index (κ2) is 6.10. The molecule has 2 aliphatic rings. The van der Waals surface area contributed by atoms with Crippen molar-refractivity contribution < 1.29 is 9.59 Å². The lowest BCUT2D eigenvalue weighted by Crippen LogP contribution is -2.57. The fourth-order valence-electron chi connectivity index (χ4n) is 3.44. The number of piperidine rings is 1. The first-order valence-corrected chi connectivity index (χ1v) is 8.06. The number of carbonyl (C=O) groups excluding carboxylic acids is 2. The number of carbonyl (C=O) groups is 2. The molecule has 6 nitrogen and oxygen atoms in total. The first-order valence-electron chi connectivity index (χ1n) is 8.06. The third-order valence-corrected chi connectivity index (χ3v) is 4.89. The number of imidazole rings is 1. The summed E-state index contributed by atoms with van der Waals surface area (Å²) in [6, 6.07) is 0. The van der Waals surface area contributed by atoms with Crippen LogP contribution in [0, 0.1) is 18.8 Å². The molecule has 0 unspecified atom stereocenters. The van der Waals surface area contributed by atoms with Gasteiger partial charge in [-0.25, -0.2) is 4.98 Å². The van der Waals surface area contributed by atoms with E-state index in [-0.39, 0.29) is 17.7 Å². The van der Waals surface area contributed by atoms with Gasteiger partial charge < -0.3 is 14.4 Å². The molecule has 2 fully saturated rings. The van der Waals surface area contributed by atoms with Crippen LogP contribution in [0.15, 0.2) is 12.4 Å². The Morgan fingerprint density at radius 2 is 2.05 bits per heavy atom. The number of hydrogen-bond donors (Lipinski definition) is 0. The smallest absolute Gasteiger partial charge is 0.229 e. The van der Waals surface area contributed by atoms with Crippen LogP contribution < -0.4 is 0 Å². The fourth-order valence-corrected chi connectivity index (χ4v) is 3.44. The lowest BCUT2D eigenvalue weighted by molar-refractivity contribution is -0.148. The largest absolute Gasteiger partial charge is 0.342 e. The van der Waals surface area contributed by atoms with Crippen molar-refractivity contribution in [3.05, 3.63) is 18.2 Å². The van der Waals surface area contributed by atoms with Gasteiger partial charge in [-0.15, -0.1) is 0 Å². The number of amides is 2. The van der Waals surface area contributed by atoms with Crippen LogP contribution >= 0.6 is 0 Å². The number of likely N-dealkylation sites (tertiary alicyclic amines) is 2. The van der Waals surface area contributed by atoms with Gasteiger partial charge in [0.1, 0.15) is 5.82 Å². The molecule has 0 aromatic carbocycles. The third-order valence-electron chi connectivity index (χ3n) is 4.89. The van der Waals surface area contributed by atoms with Crippen molar-refractivity contribution in [3.8, 4) is 0 Å². The molecule has 2 saturated heterocycles. The first-order chi connectivity index (χ1) is 10.5. The zero-order valence-electron chi connectivity index (χ0n) is 13.4. The predicted molar refractivity (Wildman–Crippen MR) is 82.0 cm³/mol. The van der Waals surface area contributed by atoms with Crippen molar-refractivity contribution in [1.29, 1.82) is 0 Å². The van der Waals surface area contributed by atoms with Crippen LogP contribution in [0.5, 0.6) is 0 Å². The summed E-state index contributed by atoms with van der Waals surface area (Å²) in [4.78, 5) is 31.8. The van der Waals surface area contributed by atoms with E-state index in [1.165, 1.54) is 0 Å². The Morgan fingerprint density at radius 3 is 2.68 bits per heavy atom. The first kappa shape index (κ1) is 15.1. The lowest BCUT2D eigenvalue weighted by Gasteiger charge is -2.42. The SMILES string of the molecule is CC(=O)N1CC(C(=O)N2CCC[C@@H](Cn3ccnc3C)C2)C1. The summed E-state index contributed by atoms with van der Waals surface area (Å²) < 4.78 is 2.17. The summed E-state index contributed by atoms with van der Waals surface area (Å²) in [6.45, 7) is 7.37. The Balaban J connectivity index is 1.53. The Morgan fingerprint density at radius 1 is 1.27 bits per heavy atom. The molecule has 0 aliphatic carbocycles. The highest BCUT2D eigenvalue weighted by molar-refractivity contribution is 5.83. The minimum absolute atomic E-state index is 0.0117. The van der Waals surface area contributed by atoms with Crippen LogP contribution in [0.3, 0.4) is 0 Å². The predicted octanol–water partition coefficient (Wildman–Crippen LogP) is 0.908. The van der Waals surface area contributed by atoms with Gasteiger partial charge in [0.05, 0.1) is 5.92 Å². The maximum absolute atomic E-state index is 12.5. The van der Waals surface area contributed by atoms with Crippen LogP contribution in [0.25, 0.3) is 0 Å². The number of hydrogen-bond acceptors (Lipinski definition) is 3. The normalized spacial score (nSPS) is 22.5. The number of aryl methyl sites for hydroxylation is 1. The summed E-state index contributed by atoms with van der Waals surface area (Å²) >= 11 is 0. The van der Waals surface area contributed by atoms with Crippen molar-refractivity contribution in [2.75, 3.05) is 26.2 Å². The van der Waals surface area contributed by atoms with Crippen LogP contribution in [0.4, 0.5) is 0 Å². The molecule has 0 radical (unpaired) electrons. The molecule has 0 N–H and O–H groups in total. The molecule has 6 heteroatoms. The zero-order chi connectivity index (χ0) is 15.7. The Labute approximate surface area is 131 Å². The van der Waals surface area contributed by atoms with Crippen LogP contribution in [-0.2, 0) is 16.1 Å². The Kier molecular flexibility index (Phi) is 4.18. The zero-order valence-corrected chi connectivity index (χ0v) is 13.4. The Hall–Kier alpha value is -1.85. The minimum Gasteiger partial charge on any atom is -0.342 e. The highest BCUT2D eigenvalue weighted by Gasteiger charge is 2.37. The summed E-state index contributed by atoms with van der Waals surface area (Å²) in [5, 5.41) is 0. The van der Waals surface area contributed by atoms with Gasteiger partial charge in [0.15, 0.2) is 0 Å². The van der Waals surface area contributed by atoms with Gasteiger partial charge in [0, 0.05) is 52.0 Å². The summed E-state index contributed by atoms with van der Waals surface area (Å²) in [7, 11) is 0. The highest BCUT2D eigenvalue weighted by atomic mass is 16.2. The number of nitrogens with zero attached hydrogens (tertiary/aromatic N) is 4. The van der Waals surface area contributed by atoms with Crippen LogP contribution in [0.2, 0.25) is 0 Å². The summed E-state index contributed by atoms with van der Waals surface area (Å²) in [5.74, 6) is 1.83. The molecule has 2 amide bonds. The van der Waals surface area contributed by atoms with Crippen molar-refractivity contribution >= 4 is 11.8 Å². The molecule has 0 bridgehead atoms. The van der Waals surface area contributed by atoms with E-state index in [2.05, 4.69) is 9.55 Å². The van der Waals surface area contributed by atoms with Gasteiger partial charge in [-0.3, -0.25) is 9.59 Å². The third kappa shape index (κ3) is 3.00. The molecule has 3 heterocycles. The number of aromatic nitrogens is 2. The maximum atomic E-state index is 12.5. The second-order valence-corrected chi connectivity index (χ2v) is 6.54. The average Bonchev–Trinajstić information content (AvgIpc) is 2.82. The molecule has 120 valence electrons. The molecule has 0 saturated carbocycles. The maximum Gasteiger partial charge on any atom is 0.229 e.